The van der Waals surface area contributed by atoms with Gasteiger partial charge in [0, 0.05) is 11.5 Å². The summed E-state index contributed by atoms with van der Waals surface area (Å²) in [7, 11) is 0. The van der Waals surface area contributed by atoms with Gasteiger partial charge in [0.2, 0.25) is 0 Å². The van der Waals surface area contributed by atoms with E-state index in [1.54, 1.807) is 0 Å². The van der Waals surface area contributed by atoms with Crippen LogP contribution in [0, 0.1) is 5.92 Å². The van der Waals surface area contributed by atoms with Crippen molar-refractivity contribution in [3.05, 3.63) is 35.9 Å². The Balaban J connectivity index is 1.88. The molecule has 0 N–H and O–H groups in total. The summed E-state index contributed by atoms with van der Waals surface area (Å²) < 4.78 is 11.4. The third-order valence-electron chi connectivity index (χ3n) is 2.74. The van der Waals surface area contributed by atoms with Crippen molar-refractivity contribution in [1.29, 1.82) is 0 Å². The van der Waals surface area contributed by atoms with E-state index in [9.17, 15) is 0 Å². The minimum Gasteiger partial charge on any atom is -0.348 e. The standard InChI is InChI=1S/C13H18O2/c1-2-6-11-9-14-13(15-10-11)12-7-4-3-5-8-12/h3-5,7-8,11,13H,2,6,9-10H2,1H3. The molecule has 2 rings (SSSR count). The highest BCUT2D eigenvalue weighted by Gasteiger charge is 2.22. The number of hydrogen-bond acceptors (Lipinski definition) is 2. The van der Waals surface area contributed by atoms with Gasteiger partial charge in [-0.25, -0.2) is 0 Å². The van der Waals surface area contributed by atoms with Crippen molar-refractivity contribution in [1.82, 2.24) is 0 Å². The minimum atomic E-state index is -0.153. The Morgan fingerprint density at radius 2 is 1.80 bits per heavy atom. The highest BCUT2D eigenvalue weighted by Crippen LogP contribution is 2.26. The summed E-state index contributed by atoms with van der Waals surface area (Å²) in [6.07, 6.45) is 2.24. The SMILES string of the molecule is CCCC1COC(c2ccccc2)OC1. The quantitative estimate of drug-likeness (QED) is 0.756. The number of ether oxygens (including phenoxy) is 2. The molecule has 1 aromatic rings. The van der Waals surface area contributed by atoms with Crippen molar-refractivity contribution in [3.8, 4) is 0 Å². The molecule has 1 aliphatic heterocycles. The first-order valence-electron chi connectivity index (χ1n) is 5.68. The number of hydrogen-bond donors (Lipinski definition) is 0. The van der Waals surface area contributed by atoms with E-state index in [2.05, 4.69) is 6.92 Å². The summed E-state index contributed by atoms with van der Waals surface area (Å²) in [6.45, 7) is 3.85. The molecule has 1 heterocycles. The van der Waals surface area contributed by atoms with Crippen LogP contribution < -0.4 is 0 Å². The van der Waals surface area contributed by atoms with Gasteiger partial charge in [0.05, 0.1) is 13.2 Å². The Morgan fingerprint density at radius 1 is 1.13 bits per heavy atom. The van der Waals surface area contributed by atoms with E-state index in [0.29, 0.717) is 5.92 Å². The normalized spacial score (nSPS) is 26.5. The maximum Gasteiger partial charge on any atom is 0.183 e. The molecule has 0 aliphatic carbocycles. The van der Waals surface area contributed by atoms with Crippen LogP contribution in [0.2, 0.25) is 0 Å². The van der Waals surface area contributed by atoms with Gasteiger partial charge < -0.3 is 9.47 Å². The fourth-order valence-electron chi connectivity index (χ4n) is 1.92. The van der Waals surface area contributed by atoms with E-state index in [1.807, 2.05) is 30.3 Å². The van der Waals surface area contributed by atoms with E-state index in [4.69, 9.17) is 9.47 Å². The highest BCUT2D eigenvalue weighted by atomic mass is 16.7. The van der Waals surface area contributed by atoms with Crippen LogP contribution in [0.5, 0.6) is 0 Å². The second kappa shape index (κ2) is 5.29. The molecule has 0 bridgehead atoms. The summed E-state index contributed by atoms with van der Waals surface area (Å²) >= 11 is 0. The number of rotatable bonds is 3. The fraction of sp³-hybridized carbons (Fsp3) is 0.538. The molecule has 1 aromatic carbocycles. The summed E-state index contributed by atoms with van der Waals surface area (Å²) in [5.74, 6) is 0.579. The lowest BCUT2D eigenvalue weighted by Crippen LogP contribution is -2.26. The average molecular weight is 206 g/mol. The average Bonchev–Trinajstić information content (AvgIpc) is 2.32. The highest BCUT2D eigenvalue weighted by molar-refractivity contribution is 5.16. The van der Waals surface area contributed by atoms with E-state index < -0.39 is 0 Å². The van der Waals surface area contributed by atoms with E-state index in [-0.39, 0.29) is 6.29 Å². The van der Waals surface area contributed by atoms with Crippen LogP contribution in [0.1, 0.15) is 31.6 Å². The van der Waals surface area contributed by atoms with Gasteiger partial charge >= 0.3 is 0 Å². The minimum absolute atomic E-state index is 0.153. The molecule has 15 heavy (non-hydrogen) atoms. The van der Waals surface area contributed by atoms with Crippen molar-refractivity contribution in [2.75, 3.05) is 13.2 Å². The summed E-state index contributed by atoms with van der Waals surface area (Å²) in [4.78, 5) is 0. The lowest BCUT2D eigenvalue weighted by Gasteiger charge is -2.29. The van der Waals surface area contributed by atoms with E-state index in [0.717, 1.165) is 18.8 Å². The van der Waals surface area contributed by atoms with Gasteiger partial charge in [-0.1, -0.05) is 43.7 Å². The molecule has 82 valence electrons. The molecule has 0 atom stereocenters. The Morgan fingerprint density at radius 3 is 2.40 bits per heavy atom. The van der Waals surface area contributed by atoms with Crippen LogP contribution in [0.25, 0.3) is 0 Å². The molecule has 2 nitrogen and oxygen atoms in total. The molecule has 0 saturated carbocycles. The van der Waals surface area contributed by atoms with Crippen molar-refractivity contribution < 1.29 is 9.47 Å². The molecule has 1 aliphatic rings. The van der Waals surface area contributed by atoms with Crippen LogP contribution in [-0.2, 0) is 9.47 Å². The van der Waals surface area contributed by atoms with Crippen molar-refractivity contribution in [3.63, 3.8) is 0 Å². The van der Waals surface area contributed by atoms with Gasteiger partial charge in [-0.05, 0) is 6.42 Å². The molecule has 2 heteroatoms. The molecular formula is C13H18O2. The zero-order valence-electron chi connectivity index (χ0n) is 9.19. The second-order valence-corrected chi connectivity index (χ2v) is 4.06. The zero-order valence-corrected chi connectivity index (χ0v) is 9.19. The lowest BCUT2D eigenvalue weighted by atomic mass is 10.1. The predicted octanol–water partition coefficient (Wildman–Crippen LogP) is 3.15. The molecule has 0 radical (unpaired) electrons. The largest absolute Gasteiger partial charge is 0.348 e. The smallest absolute Gasteiger partial charge is 0.183 e. The van der Waals surface area contributed by atoms with Crippen LogP contribution >= 0.6 is 0 Å². The van der Waals surface area contributed by atoms with Crippen molar-refractivity contribution in [2.24, 2.45) is 5.92 Å². The zero-order chi connectivity index (χ0) is 10.5. The molecule has 0 unspecified atom stereocenters. The summed E-state index contributed by atoms with van der Waals surface area (Å²) in [5.41, 5.74) is 1.12. The molecule has 1 saturated heterocycles. The monoisotopic (exact) mass is 206 g/mol. The van der Waals surface area contributed by atoms with Crippen LogP contribution in [0.3, 0.4) is 0 Å². The second-order valence-electron chi connectivity index (χ2n) is 4.06. The summed E-state index contributed by atoms with van der Waals surface area (Å²) in [5, 5.41) is 0. The molecule has 1 fully saturated rings. The molecule has 0 spiro atoms. The first kappa shape index (κ1) is 10.7. The molecule has 0 aromatic heterocycles. The van der Waals surface area contributed by atoms with Crippen LogP contribution in [0.15, 0.2) is 30.3 Å². The van der Waals surface area contributed by atoms with Crippen LogP contribution in [-0.4, -0.2) is 13.2 Å². The Labute approximate surface area is 91.2 Å². The first-order valence-corrected chi connectivity index (χ1v) is 5.68. The Hall–Kier alpha value is -0.860. The van der Waals surface area contributed by atoms with Gasteiger partial charge in [0.25, 0.3) is 0 Å². The topological polar surface area (TPSA) is 18.5 Å². The number of benzene rings is 1. The van der Waals surface area contributed by atoms with E-state index >= 15 is 0 Å². The molecule has 0 amide bonds. The van der Waals surface area contributed by atoms with Gasteiger partial charge in [0.15, 0.2) is 6.29 Å². The third kappa shape index (κ3) is 2.80. The predicted molar refractivity (Wildman–Crippen MR) is 59.5 cm³/mol. The van der Waals surface area contributed by atoms with Gasteiger partial charge in [0.1, 0.15) is 0 Å². The van der Waals surface area contributed by atoms with Gasteiger partial charge in [-0.3, -0.25) is 0 Å². The lowest BCUT2D eigenvalue weighted by molar-refractivity contribution is -0.206. The molecular weight excluding hydrogens is 188 g/mol. The Bertz CT molecular complexity index is 276. The summed E-state index contributed by atoms with van der Waals surface area (Å²) in [6, 6.07) is 10.1. The van der Waals surface area contributed by atoms with Crippen molar-refractivity contribution in [2.45, 2.75) is 26.1 Å². The fourth-order valence-corrected chi connectivity index (χ4v) is 1.92. The maximum absolute atomic E-state index is 5.71. The van der Waals surface area contributed by atoms with Crippen LogP contribution in [0.4, 0.5) is 0 Å². The van der Waals surface area contributed by atoms with E-state index in [1.165, 1.54) is 12.8 Å². The first-order chi connectivity index (χ1) is 7.40. The van der Waals surface area contributed by atoms with Gasteiger partial charge in [-0.2, -0.15) is 0 Å². The van der Waals surface area contributed by atoms with Gasteiger partial charge in [-0.15, -0.1) is 0 Å². The van der Waals surface area contributed by atoms with Crippen molar-refractivity contribution >= 4 is 0 Å². The Kier molecular flexibility index (Phi) is 3.75. The maximum atomic E-state index is 5.71. The third-order valence-corrected chi connectivity index (χ3v) is 2.74.